The fourth-order valence-electron chi connectivity index (χ4n) is 3.21. The quantitative estimate of drug-likeness (QED) is 0.734. The molecule has 6 heteroatoms. The molecule has 6 nitrogen and oxygen atoms in total. The molecule has 0 spiro atoms. The topological polar surface area (TPSA) is 59.1 Å². The summed E-state index contributed by atoms with van der Waals surface area (Å²) in [5, 5.41) is 0. The Morgan fingerprint density at radius 3 is 2.30 bits per heavy atom. The number of hydrogen-bond acceptors (Lipinski definition) is 5. The number of aryl methyl sites for hydroxylation is 1. The highest BCUT2D eigenvalue weighted by atomic mass is 16.5. The fourth-order valence-corrected chi connectivity index (χ4v) is 3.21. The van der Waals surface area contributed by atoms with E-state index in [0.29, 0.717) is 24.4 Å². The summed E-state index contributed by atoms with van der Waals surface area (Å²) in [7, 11) is 1.61. The maximum atomic E-state index is 12.4. The minimum atomic E-state index is -0.0153. The van der Waals surface area contributed by atoms with Crippen LogP contribution in [0.5, 0.6) is 11.5 Å². The van der Waals surface area contributed by atoms with Gasteiger partial charge in [-0.3, -0.25) is 9.59 Å². The number of carbonyl (C=O) groups is 2. The van der Waals surface area contributed by atoms with E-state index in [4.69, 9.17) is 9.47 Å². The molecule has 1 heterocycles. The molecule has 0 radical (unpaired) electrons. The lowest BCUT2D eigenvalue weighted by molar-refractivity contribution is -0.133. The van der Waals surface area contributed by atoms with Gasteiger partial charge in [-0.25, -0.2) is 0 Å². The van der Waals surface area contributed by atoms with Crippen LogP contribution in [0.1, 0.15) is 15.9 Å². The molecule has 1 fully saturated rings. The van der Waals surface area contributed by atoms with Crippen molar-refractivity contribution in [2.24, 2.45) is 0 Å². The molecular weight excluding hydrogens is 344 g/mol. The molecule has 2 aromatic carbocycles. The number of hydrogen-bond donors (Lipinski definition) is 0. The number of benzene rings is 2. The van der Waals surface area contributed by atoms with Crippen LogP contribution < -0.4 is 14.4 Å². The summed E-state index contributed by atoms with van der Waals surface area (Å²) < 4.78 is 10.7. The molecular formula is C21H24N2O4. The first kappa shape index (κ1) is 18.8. The van der Waals surface area contributed by atoms with Crippen molar-refractivity contribution in [3.05, 3.63) is 53.6 Å². The molecule has 1 amide bonds. The summed E-state index contributed by atoms with van der Waals surface area (Å²) in [5.74, 6) is 1.38. The Labute approximate surface area is 159 Å². The van der Waals surface area contributed by atoms with Crippen molar-refractivity contribution < 1.29 is 19.1 Å². The summed E-state index contributed by atoms with van der Waals surface area (Å²) in [6, 6.07) is 12.9. The van der Waals surface area contributed by atoms with E-state index in [2.05, 4.69) is 4.90 Å². The van der Waals surface area contributed by atoms with Crippen LogP contribution >= 0.6 is 0 Å². The molecule has 3 rings (SSSR count). The van der Waals surface area contributed by atoms with Crippen molar-refractivity contribution in [3.63, 3.8) is 0 Å². The third-order valence-corrected chi connectivity index (χ3v) is 4.75. The van der Waals surface area contributed by atoms with Crippen molar-refractivity contribution in [2.75, 3.05) is 44.8 Å². The molecule has 27 heavy (non-hydrogen) atoms. The van der Waals surface area contributed by atoms with Gasteiger partial charge in [0.05, 0.1) is 7.11 Å². The number of methoxy groups -OCH3 is 1. The lowest BCUT2D eigenvalue weighted by atomic mass is 10.1. The third kappa shape index (κ3) is 4.58. The number of anilines is 1. The number of amides is 1. The largest absolute Gasteiger partial charge is 0.497 e. The second-order valence-electron chi connectivity index (χ2n) is 6.50. The fraction of sp³-hybridized carbons (Fsp3) is 0.333. The SMILES string of the molecule is COc1ccc(OCC(=O)N2CCN(c3ccc(C=O)cc3C)CC2)cc1. The molecule has 0 bridgehead atoms. The predicted molar refractivity (Wildman–Crippen MR) is 104 cm³/mol. The summed E-state index contributed by atoms with van der Waals surface area (Å²) in [4.78, 5) is 27.4. The number of rotatable bonds is 6. The first-order valence-electron chi connectivity index (χ1n) is 8.96. The number of nitrogens with zero attached hydrogens (tertiary/aromatic N) is 2. The Bertz CT molecular complexity index is 796. The number of ether oxygens (including phenoxy) is 2. The van der Waals surface area contributed by atoms with E-state index in [9.17, 15) is 9.59 Å². The van der Waals surface area contributed by atoms with E-state index < -0.39 is 0 Å². The Kier molecular flexibility index (Phi) is 5.96. The molecule has 0 saturated carbocycles. The lowest BCUT2D eigenvalue weighted by Crippen LogP contribution is -2.50. The van der Waals surface area contributed by atoms with E-state index in [1.807, 2.05) is 30.0 Å². The zero-order valence-corrected chi connectivity index (χ0v) is 15.7. The van der Waals surface area contributed by atoms with Crippen LogP contribution in [0.4, 0.5) is 5.69 Å². The van der Waals surface area contributed by atoms with E-state index in [1.165, 1.54) is 0 Å². The Morgan fingerprint density at radius 2 is 1.70 bits per heavy atom. The van der Waals surface area contributed by atoms with Gasteiger partial charge in [0.15, 0.2) is 6.61 Å². The smallest absolute Gasteiger partial charge is 0.260 e. The van der Waals surface area contributed by atoms with Gasteiger partial charge in [0, 0.05) is 37.4 Å². The van der Waals surface area contributed by atoms with Crippen LogP contribution in [-0.4, -0.2) is 57.0 Å². The summed E-state index contributed by atoms with van der Waals surface area (Å²) in [6.45, 7) is 4.85. The first-order chi connectivity index (χ1) is 13.1. The standard InChI is InChI=1S/C21H24N2O4/c1-16-13-17(14-24)3-8-20(16)22-9-11-23(12-10-22)21(25)15-27-19-6-4-18(26-2)5-7-19/h3-8,13-14H,9-12,15H2,1-2H3. The highest BCUT2D eigenvalue weighted by Gasteiger charge is 2.22. The van der Waals surface area contributed by atoms with Crippen LogP contribution in [0.2, 0.25) is 0 Å². The van der Waals surface area contributed by atoms with Crippen LogP contribution in [0.3, 0.4) is 0 Å². The van der Waals surface area contributed by atoms with Crippen LogP contribution in [0.15, 0.2) is 42.5 Å². The van der Waals surface area contributed by atoms with Crippen LogP contribution in [-0.2, 0) is 4.79 Å². The zero-order valence-electron chi connectivity index (χ0n) is 15.7. The van der Waals surface area contributed by atoms with E-state index in [-0.39, 0.29) is 12.5 Å². The van der Waals surface area contributed by atoms with Gasteiger partial charge in [0.2, 0.25) is 0 Å². The molecule has 2 aromatic rings. The average molecular weight is 368 g/mol. The minimum Gasteiger partial charge on any atom is -0.497 e. The monoisotopic (exact) mass is 368 g/mol. The third-order valence-electron chi connectivity index (χ3n) is 4.75. The average Bonchev–Trinajstić information content (AvgIpc) is 2.72. The zero-order chi connectivity index (χ0) is 19.2. The van der Waals surface area contributed by atoms with E-state index in [0.717, 1.165) is 36.4 Å². The lowest BCUT2D eigenvalue weighted by Gasteiger charge is -2.36. The number of carbonyl (C=O) groups excluding carboxylic acids is 2. The maximum absolute atomic E-state index is 12.4. The molecule has 0 aromatic heterocycles. The van der Waals surface area contributed by atoms with Crippen molar-refractivity contribution in [1.82, 2.24) is 4.90 Å². The molecule has 1 aliphatic rings. The number of piperazine rings is 1. The van der Waals surface area contributed by atoms with Crippen molar-refractivity contribution in [3.8, 4) is 11.5 Å². The van der Waals surface area contributed by atoms with E-state index >= 15 is 0 Å². The van der Waals surface area contributed by atoms with Gasteiger partial charge in [0.25, 0.3) is 5.91 Å². The molecule has 0 aliphatic carbocycles. The molecule has 0 N–H and O–H groups in total. The molecule has 1 aliphatic heterocycles. The van der Waals surface area contributed by atoms with Gasteiger partial charge in [-0.1, -0.05) is 0 Å². The molecule has 142 valence electrons. The summed E-state index contributed by atoms with van der Waals surface area (Å²) in [5.41, 5.74) is 2.87. The van der Waals surface area contributed by atoms with Gasteiger partial charge in [-0.2, -0.15) is 0 Å². The Balaban J connectivity index is 1.50. The summed E-state index contributed by atoms with van der Waals surface area (Å²) in [6.07, 6.45) is 0.857. The highest BCUT2D eigenvalue weighted by molar-refractivity contribution is 5.78. The second-order valence-corrected chi connectivity index (χ2v) is 6.50. The first-order valence-corrected chi connectivity index (χ1v) is 8.96. The normalized spacial score (nSPS) is 14.0. The van der Waals surface area contributed by atoms with Gasteiger partial charge in [0.1, 0.15) is 17.8 Å². The minimum absolute atomic E-state index is 0.0153. The summed E-state index contributed by atoms with van der Waals surface area (Å²) >= 11 is 0. The van der Waals surface area contributed by atoms with Crippen LogP contribution in [0, 0.1) is 6.92 Å². The molecule has 0 atom stereocenters. The molecule has 0 unspecified atom stereocenters. The Morgan fingerprint density at radius 1 is 1.04 bits per heavy atom. The van der Waals surface area contributed by atoms with Gasteiger partial charge < -0.3 is 19.3 Å². The van der Waals surface area contributed by atoms with Crippen molar-refractivity contribution in [2.45, 2.75) is 6.92 Å². The van der Waals surface area contributed by atoms with Crippen molar-refractivity contribution >= 4 is 17.9 Å². The maximum Gasteiger partial charge on any atom is 0.260 e. The molecule has 1 saturated heterocycles. The van der Waals surface area contributed by atoms with Gasteiger partial charge in [-0.15, -0.1) is 0 Å². The Hall–Kier alpha value is -3.02. The van der Waals surface area contributed by atoms with Gasteiger partial charge >= 0.3 is 0 Å². The number of aldehydes is 1. The highest BCUT2D eigenvalue weighted by Crippen LogP contribution is 2.22. The van der Waals surface area contributed by atoms with Gasteiger partial charge in [-0.05, 0) is 55.0 Å². The predicted octanol–water partition coefficient (Wildman–Crippen LogP) is 2.54. The van der Waals surface area contributed by atoms with Crippen molar-refractivity contribution in [1.29, 1.82) is 0 Å². The second kappa shape index (κ2) is 8.58. The van der Waals surface area contributed by atoms with Crippen LogP contribution in [0.25, 0.3) is 0 Å². The van der Waals surface area contributed by atoms with E-state index in [1.54, 1.807) is 31.4 Å².